The first-order valence-electron chi connectivity index (χ1n) is 7.16. The van der Waals surface area contributed by atoms with E-state index in [1.54, 1.807) is 30.2 Å². The molecular weight excluding hydrogens is 314 g/mol. The Labute approximate surface area is 139 Å². The Balaban J connectivity index is 1.81. The lowest BCUT2D eigenvalue weighted by molar-refractivity contribution is -0.125. The summed E-state index contributed by atoms with van der Waals surface area (Å²) in [5.41, 5.74) is 1.71. The number of anilines is 1. The van der Waals surface area contributed by atoms with Gasteiger partial charge in [0.1, 0.15) is 12.3 Å². The van der Waals surface area contributed by atoms with Crippen molar-refractivity contribution >= 4 is 29.2 Å². The van der Waals surface area contributed by atoms with Gasteiger partial charge in [-0.25, -0.2) is 4.99 Å². The van der Waals surface area contributed by atoms with Crippen LogP contribution in [0.4, 0.5) is 5.69 Å². The van der Waals surface area contributed by atoms with Crippen LogP contribution in [0.2, 0.25) is 5.02 Å². The highest BCUT2D eigenvalue weighted by Gasteiger charge is 2.26. The number of rotatable bonds is 4. The fourth-order valence-electron chi connectivity index (χ4n) is 2.37. The first-order valence-corrected chi connectivity index (χ1v) is 7.54. The van der Waals surface area contributed by atoms with Crippen LogP contribution in [0.5, 0.6) is 5.75 Å². The lowest BCUT2D eigenvalue weighted by Gasteiger charge is -2.20. The Morgan fingerprint density at radius 3 is 2.78 bits per heavy atom. The van der Waals surface area contributed by atoms with Gasteiger partial charge in [0.2, 0.25) is 5.96 Å². The van der Waals surface area contributed by atoms with Crippen molar-refractivity contribution in [3.63, 3.8) is 0 Å². The number of benzene rings is 2. The molecule has 0 saturated heterocycles. The van der Waals surface area contributed by atoms with E-state index in [2.05, 4.69) is 10.3 Å². The van der Waals surface area contributed by atoms with Crippen molar-refractivity contribution < 1.29 is 9.53 Å². The van der Waals surface area contributed by atoms with Crippen LogP contribution in [0.3, 0.4) is 0 Å². The molecule has 1 aliphatic rings. The largest absolute Gasteiger partial charge is 0.495 e. The zero-order valence-electron chi connectivity index (χ0n) is 12.6. The van der Waals surface area contributed by atoms with Gasteiger partial charge in [0, 0.05) is 5.02 Å². The third kappa shape index (κ3) is 3.46. The Hall–Kier alpha value is -2.53. The highest BCUT2D eigenvalue weighted by molar-refractivity contribution is 6.31. The molecule has 6 heteroatoms. The van der Waals surface area contributed by atoms with E-state index in [1.165, 1.54) is 0 Å². The van der Waals surface area contributed by atoms with Gasteiger partial charge < -0.3 is 10.1 Å². The minimum Gasteiger partial charge on any atom is -0.495 e. The van der Waals surface area contributed by atoms with Crippen molar-refractivity contribution in [2.75, 3.05) is 19.0 Å². The highest BCUT2D eigenvalue weighted by Crippen LogP contribution is 2.28. The van der Waals surface area contributed by atoms with E-state index in [-0.39, 0.29) is 12.5 Å². The lowest BCUT2D eigenvalue weighted by Crippen LogP contribution is -2.36. The standard InChI is InChI=1S/C17H16ClN3O2/c1-23-15-8-7-13(18)9-14(15)20-17-19-10-16(22)21(17)11-12-5-3-2-4-6-12/h2-9H,10-11H2,1H3,(H,19,20). The van der Waals surface area contributed by atoms with E-state index >= 15 is 0 Å². The van der Waals surface area contributed by atoms with Crippen LogP contribution in [0, 0.1) is 0 Å². The van der Waals surface area contributed by atoms with E-state index in [1.807, 2.05) is 30.3 Å². The molecule has 23 heavy (non-hydrogen) atoms. The molecule has 118 valence electrons. The van der Waals surface area contributed by atoms with Gasteiger partial charge in [0.25, 0.3) is 5.91 Å². The number of amides is 1. The average molecular weight is 330 g/mol. The second kappa shape index (κ2) is 6.71. The molecule has 0 radical (unpaired) electrons. The molecule has 1 N–H and O–H groups in total. The van der Waals surface area contributed by atoms with Gasteiger partial charge in [-0.1, -0.05) is 41.9 Å². The van der Waals surface area contributed by atoms with Crippen LogP contribution in [0.15, 0.2) is 53.5 Å². The summed E-state index contributed by atoms with van der Waals surface area (Å²) in [6.07, 6.45) is 0. The third-order valence-electron chi connectivity index (χ3n) is 3.51. The quantitative estimate of drug-likeness (QED) is 0.937. The number of nitrogens with one attached hydrogen (secondary N) is 1. The number of carbonyl (C=O) groups is 1. The second-order valence-corrected chi connectivity index (χ2v) is 5.51. The monoisotopic (exact) mass is 329 g/mol. The number of methoxy groups -OCH3 is 1. The Bertz CT molecular complexity index is 747. The molecule has 0 saturated carbocycles. The number of hydrogen-bond acceptors (Lipinski definition) is 4. The van der Waals surface area contributed by atoms with E-state index in [9.17, 15) is 4.79 Å². The van der Waals surface area contributed by atoms with Crippen LogP contribution in [0.25, 0.3) is 0 Å². The summed E-state index contributed by atoms with van der Waals surface area (Å²) in [7, 11) is 1.58. The summed E-state index contributed by atoms with van der Waals surface area (Å²) in [4.78, 5) is 18.0. The van der Waals surface area contributed by atoms with E-state index < -0.39 is 0 Å². The minimum atomic E-state index is -0.0441. The van der Waals surface area contributed by atoms with Crippen molar-refractivity contribution in [3.8, 4) is 5.75 Å². The number of ether oxygens (including phenoxy) is 1. The fourth-order valence-corrected chi connectivity index (χ4v) is 2.54. The molecule has 3 rings (SSSR count). The number of carbonyl (C=O) groups excluding carboxylic acids is 1. The van der Waals surface area contributed by atoms with Gasteiger partial charge in [0.15, 0.2) is 0 Å². The van der Waals surface area contributed by atoms with Gasteiger partial charge in [0.05, 0.1) is 19.3 Å². The van der Waals surface area contributed by atoms with Gasteiger partial charge in [-0.2, -0.15) is 0 Å². The molecule has 0 fully saturated rings. The first kappa shape index (κ1) is 15.4. The third-order valence-corrected chi connectivity index (χ3v) is 3.75. The van der Waals surface area contributed by atoms with Crippen molar-refractivity contribution in [1.29, 1.82) is 0 Å². The molecule has 0 bridgehead atoms. The minimum absolute atomic E-state index is 0.0441. The summed E-state index contributed by atoms with van der Waals surface area (Å²) in [6.45, 7) is 0.604. The number of nitrogens with zero attached hydrogens (tertiary/aromatic N) is 2. The van der Waals surface area contributed by atoms with Gasteiger partial charge >= 0.3 is 0 Å². The Morgan fingerprint density at radius 2 is 2.04 bits per heavy atom. The van der Waals surface area contributed by atoms with Gasteiger partial charge in [-0.15, -0.1) is 0 Å². The second-order valence-electron chi connectivity index (χ2n) is 5.07. The van der Waals surface area contributed by atoms with Crippen molar-refractivity contribution in [1.82, 2.24) is 4.90 Å². The normalized spacial score (nSPS) is 13.9. The topological polar surface area (TPSA) is 53.9 Å². The molecular formula is C17H16ClN3O2. The average Bonchev–Trinajstić information content (AvgIpc) is 2.89. The summed E-state index contributed by atoms with van der Waals surface area (Å²) in [6, 6.07) is 15.0. The van der Waals surface area contributed by atoms with E-state index in [0.717, 1.165) is 5.56 Å². The molecule has 0 atom stereocenters. The number of halogens is 1. The molecule has 1 heterocycles. The summed E-state index contributed by atoms with van der Waals surface area (Å²) < 4.78 is 5.31. The molecule has 0 spiro atoms. The number of hydrogen-bond donors (Lipinski definition) is 1. The fraction of sp³-hybridized carbons (Fsp3) is 0.176. The molecule has 0 unspecified atom stereocenters. The van der Waals surface area contributed by atoms with E-state index in [0.29, 0.717) is 29.0 Å². The molecule has 1 amide bonds. The summed E-state index contributed by atoms with van der Waals surface area (Å²) >= 11 is 6.04. The number of aliphatic imine (C=N–C) groups is 1. The molecule has 1 aliphatic heterocycles. The van der Waals surface area contributed by atoms with Crippen molar-refractivity contribution in [3.05, 3.63) is 59.1 Å². The predicted octanol–water partition coefficient (Wildman–Crippen LogP) is 3.16. The molecule has 2 aromatic carbocycles. The number of guanidine groups is 1. The van der Waals surface area contributed by atoms with Crippen molar-refractivity contribution in [2.45, 2.75) is 6.54 Å². The van der Waals surface area contributed by atoms with Crippen molar-refractivity contribution in [2.24, 2.45) is 4.99 Å². The van der Waals surface area contributed by atoms with Crippen LogP contribution < -0.4 is 10.1 Å². The SMILES string of the molecule is COc1ccc(Cl)cc1NC1=NCC(=O)N1Cc1ccccc1. The van der Waals surface area contributed by atoms with E-state index in [4.69, 9.17) is 16.3 Å². The zero-order chi connectivity index (χ0) is 16.2. The Kier molecular flexibility index (Phi) is 4.48. The summed E-state index contributed by atoms with van der Waals surface area (Å²) in [5, 5.41) is 3.72. The van der Waals surface area contributed by atoms with Crippen LogP contribution in [-0.4, -0.2) is 30.4 Å². The maximum absolute atomic E-state index is 12.1. The molecule has 0 aromatic heterocycles. The van der Waals surface area contributed by atoms with Crippen LogP contribution >= 0.6 is 11.6 Å². The zero-order valence-corrected chi connectivity index (χ0v) is 13.4. The molecule has 2 aromatic rings. The lowest BCUT2D eigenvalue weighted by atomic mass is 10.2. The van der Waals surface area contributed by atoms with Crippen LogP contribution in [0.1, 0.15) is 5.56 Å². The summed E-state index contributed by atoms with van der Waals surface area (Å²) in [5.74, 6) is 1.09. The highest BCUT2D eigenvalue weighted by atomic mass is 35.5. The van der Waals surface area contributed by atoms with Gasteiger partial charge in [-0.3, -0.25) is 9.69 Å². The smallest absolute Gasteiger partial charge is 0.251 e. The Morgan fingerprint density at radius 1 is 1.26 bits per heavy atom. The molecule has 5 nitrogen and oxygen atoms in total. The van der Waals surface area contributed by atoms with Gasteiger partial charge in [-0.05, 0) is 23.8 Å². The predicted molar refractivity (Wildman–Crippen MR) is 90.9 cm³/mol. The molecule has 0 aliphatic carbocycles. The first-order chi connectivity index (χ1) is 11.2. The maximum atomic E-state index is 12.1. The van der Waals surface area contributed by atoms with Crippen LogP contribution in [-0.2, 0) is 11.3 Å². The maximum Gasteiger partial charge on any atom is 0.251 e.